The van der Waals surface area contributed by atoms with Crippen LogP contribution >= 0.6 is 85.5 Å². The second-order valence-corrected chi connectivity index (χ2v) is 11.1. The number of halogens is 7. The summed E-state index contributed by atoms with van der Waals surface area (Å²) >= 11 is 38.9. The molecule has 0 saturated heterocycles. The quantitative estimate of drug-likeness (QED) is 0.276. The fourth-order valence-corrected chi connectivity index (χ4v) is 3.50. The molecule has 0 radical (unpaired) electrons. The molecule has 3 rings (SSSR count). The fourth-order valence-electron chi connectivity index (χ4n) is 2.75. The van der Waals surface area contributed by atoms with Crippen LogP contribution in [0.3, 0.4) is 0 Å². The highest BCUT2D eigenvalue weighted by molar-refractivity contribution is 9.09. The maximum Gasteiger partial charge on any atom is 0.250 e. The minimum Gasteiger partial charge on any atom is -0.482 e. The van der Waals surface area contributed by atoms with E-state index in [1.165, 1.54) is 0 Å². The minimum atomic E-state index is -1.92. The first-order valence-corrected chi connectivity index (χ1v) is 11.9. The first-order valence-electron chi connectivity index (χ1n) is 8.50. The van der Waals surface area contributed by atoms with Crippen molar-refractivity contribution < 1.29 is 4.74 Å². The average Bonchev–Trinajstić information content (AvgIpc) is 2.72. The van der Waals surface area contributed by atoms with Crippen molar-refractivity contribution in [2.45, 2.75) is 7.59 Å². The zero-order valence-electron chi connectivity index (χ0n) is 15.4. The van der Waals surface area contributed by atoms with Crippen LogP contribution in [0, 0.1) is 0 Å². The van der Waals surface area contributed by atoms with Crippen molar-refractivity contribution in [1.29, 1.82) is 0 Å². The largest absolute Gasteiger partial charge is 0.482 e. The fraction of sp³-hybridized carbons (Fsp3) is 0.150. The lowest BCUT2D eigenvalue weighted by atomic mass is 9.98. The molecule has 2 aromatic carbocycles. The van der Waals surface area contributed by atoms with Gasteiger partial charge in [-0.25, -0.2) is 15.0 Å². The molecule has 31 heavy (non-hydrogen) atoms. The minimum absolute atomic E-state index is 0.151. The Balaban J connectivity index is 2.07. The maximum atomic E-state index is 5.94. The van der Waals surface area contributed by atoms with E-state index in [1.54, 1.807) is 18.2 Å². The highest BCUT2D eigenvalue weighted by Gasteiger charge is 2.34. The smallest absolute Gasteiger partial charge is 0.250 e. The van der Waals surface area contributed by atoms with Gasteiger partial charge in [-0.1, -0.05) is 119 Å². The van der Waals surface area contributed by atoms with Crippen LogP contribution in [-0.4, -0.2) is 20.5 Å². The molecule has 0 aliphatic rings. The Morgan fingerprint density at radius 2 is 1.39 bits per heavy atom. The molecule has 0 aliphatic heterocycles. The summed E-state index contributed by atoms with van der Waals surface area (Å²) in [7, 11) is 0. The van der Waals surface area contributed by atoms with Crippen LogP contribution in [0.4, 0.5) is 0 Å². The second-order valence-electron chi connectivity index (χ2n) is 6.05. The number of rotatable bonds is 5. The summed E-state index contributed by atoms with van der Waals surface area (Å²) in [5.41, 5.74) is 3.72. The van der Waals surface area contributed by atoms with E-state index in [4.69, 9.17) is 74.3 Å². The van der Waals surface area contributed by atoms with Crippen molar-refractivity contribution in [1.82, 2.24) is 15.0 Å². The van der Waals surface area contributed by atoms with Gasteiger partial charge in [0.2, 0.25) is 7.59 Å². The third-order valence-corrected chi connectivity index (χ3v) is 5.32. The van der Waals surface area contributed by atoms with Gasteiger partial charge in [-0.05, 0) is 33.1 Å². The van der Waals surface area contributed by atoms with E-state index in [0.29, 0.717) is 16.8 Å². The molecule has 11 heteroatoms. The van der Waals surface area contributed by atoms with Gasteiger partial charge in [0, 0.05) is 11.1 Å². The molecular weight excluding hydrogens is 591 g/mol. The molecule has 162 valence electrons. The summed E-state index contributed by atoms with van der Waals surface area (Å²) in [5.74, 6) is 0.609. The van der Waals surface area contributed by atoms with Gasteiger partial charge >= 0.3 is 0 Å². The van der Waals surface area contributed by atoms with Crippen LogP contribution in [0.25, 0.3) is 28.6 Å². The van der Waals surface area contributed by atoms with Gasteiger partial charge in [0.15, 0.2) is 17.5 Å². The lowest BCUT2D eigenvalue weighted by Gasteiger charge is -2.16. The van der Waals surface area contributed by atoms with E-state index >= 15 is 0 Å². The maximum absolute atomic E-state index is 5.94. The molecular formula is C20H12BrCl6N3O. The summed E-state index contributed by atoms with van der Waals surface area (Å²) in [6, 6.07) is 13.1. The second kappa shape index (κ2) is 10.0. The van der Waals surface area contributed by atoms with Crippen molar-refractivity contribution in [3.63, 3.8) is 0 Å². The van der Waals surface area contributed by atoms with Crippen LogP contribution in [0.1, 0.15) is 17.2 Å². The Labute approximate surface area is 217 Å². The highest BCUT2D eigenvalue weighted by Crippen LogP contribution is 2.41. The molecule has 1 heterocycles. The van der Waals surface area contributed by atoms with E-state index in [2.05, 4.69) is 37.5 Å². The molecule has 0 unspecified atom stereocenters. The molecule has 0 fully saturated rings. The first kappa shape index (κ1) is 24.8. The Morgan fingerprint density at radius 1 is 0.839 bits per heavy atom. The summed E-state index contributed by atoms with van der Waals surface area (Å²) in [5, 5.41) is 0. The number of nitrogens with zero attached hydrogens (tertiary/aromatic N) is 3. The van der Waals surface area contributed by atoms with E-state index in [9.17, 15) is 0 Å². The molecule has 3 aromatic rings. The molecule has 0 amide bonds. The van der Waals surface area contributed by atoms with Crippen LogP contribution < -0.4 is 4.74 Å². The molecule has 0 atom stereocenters. The zero-order valence-corrected chi connectivity index (χ0v) is 21.6. The highest BCUT2D eigenvalue weighted by atomic mass is 79.9. The topological polar surface area (TPSA) is 47.9 Å². The summed E-state index contributed by atoms with van der Waals surface area (Å²) < 4.78 is 1.78. The summed E-state index contributed by atoms with van der Waals surface area (Å²) in [6.07, 6.45) is 1.74. The van der Waals surface area contributed by atoms with Crippen molar-refractivity contribution in [3.05, 3.63) is 66.3 Å². The monoisotopic (exact) mass is 599 g/mol. The summed E-state index contributed by atoms with van der Waals surface area (Å²) in [4.78, 5) is 12.4. The van der Waals surface area contributed by atoms with Crippen molar-refractivity contribution in [2.24, 2.45) is 0 Å². The molecule has 0 aliphatic carbocycles. The van der Waals surface area contributed by atoms with Crippen molar-refractivity contribution in [3.8, 4) is 28.3 Å². The van der Waals surface area contributed by atoms with Crippen molar-refractivity contribution in [2.75, 3.05) is 5.52 Å². The Bertz CT molecular complexity index is 1070. The van der Waals surface area contributed by atoms with Gasteiger partial charge in [-0.2, -0.15) is 0 Å². The zero-order chi connectivity index (χ0) is 22.8. The third kappa shape index (κ3) is 5.97. The lowest BCUT2D eigenvalue weighted by molar-refractivity contribution is 0.397. The van der Waals surface area contributed by atoms with E-state index in [-0.39, 0.29) is 17.5 Å². The van der Waals surface area contributed by atoms with Crippen LogP contribution in [0.15, 0.2) is 49.0 Å². The van der Waals surface area contributed by atoms with Gasteiger partial charge in [0.25, 0.3) is 0 Å². The van der Waals surface area contributed by atoms with Crippen LogP contribution in [0.2, 0.25) is 0 Å². The number of aromatic nitrogens is 3. The molecule has 4 nitrogen and oxygen atoms in total. The normalized spacial score (nSPS) is 12.0. The average molecular weight is 603 g/mol. The van der Waals surface area contributed by atoms with E-state index in [1.807, 2.05) is 30.3 Å². The van der Waals surface area contributed by atoms with Gasteiger partial charge in [-0.15, -0.1) is 0 Å². The Hall–Kier alpha value is -0.790. The number of benzene rings is 2. The van der Waals surface area contributed by atoms with Gasteiger partial charge in [0.05, 0.1) is 0 Å². The van der Waals surface area contributed by atoms with Crippen LogP contribution in [-0.2, 0) is 7.59 Å². The van der Waals surface area contributed by atoms with Crippen LogP contribution in [0.5, 0.6) is 5.75 Å². The van der Waals surface area contributed by atoms with Gasteiger partial charge in [-0.3, -0.25) is 0 Å². The Kier molecular flexibility index (Phi) is 8.02. The Morgan fingerprint density at radius 3 is 1.87 bits per heavy atom. The lowest BCUT2D eigenvalue weighted by Crippen LogP contribution is -2.16. The number of hydrogen-bond donors (Lipinski definition) is 0. The predicted molar refractivity (Wildman–Crippen MR) is 134 cm³/mol. The van der Waals surface area contributed by atoms with E-state index < -0.39 is 7.59 Å². The number of hydrogen-bond acceptors (Lipinski definition) is 4. The first-order chi connectivity index (χ1) is 14.5. The van der Waals surface area contributed by atoms with Gasteiger partial charge in [0.1, 0.15) is 11.3 Å². The van der Waals surface area contributed by atoms with Crippen molar-refractivity contribution >= 4 is 91.6 Å². The molecule has 0 N–H and O–H groups in total. The van der Waals surface area contributed by atoms with E-state index in [0.717, 1.165) is 16.7 Å². The predicted octanol–water partition coefficient (Wildman–Crippen LogP) is 8.23. The molecule has 0 spiro atoms. The third-order valence-electron chi connectivity index (χ3n) is 4.08. The molecule has 1 aromatic heterocycles. The SMILES string of the molecule is C=Cc1c(OCBr)cccc1-c1ccc(-c2nc(C(Cl)(Cl)Cl)nc(C(Cl)(Cl)Cl)n2)cc1. The molecule has 0 saturated carbocycles. The number of ether oxygens (including phenoxy) is 1. The van der Waals surface area contributed by atoms with Gasteiger partial charge < -0.3 is 4.74 Å². The summed E-state index contributed by atoms with van der Waals surface area (Å²) in [6.45, 7) is 3.89. The molecule has 0 bridgehead atoms. The standard InChI is InChI=1S/C20H12BrCl6N3O/c1-2-13-14(4-3-5-15(13)31-10-21)11-6-8-12(9-7-11)16-28-17(19(22,23)24)30-18(29-16)20(25,26)27/h2-9H,1,10H2. The number of alkyl halides is 7.